The molecule has 0 spiro atoms. The first kappa shape index (κ1) is 25.0. The van der Waals surface area contributed by atoms with Crippen molar-refractivity contribution in [1.82, 2.24) is 15.5 Å². The van der Waals surface area contributed by atoms with E-state index in [4.69, 9.17) is 0 Å². The van der Waals surface area contributed by atoms with E-state index < -0.39 is 33.9 Å². The summed E-state index contributed by atoms with van der Waals surface area (Å²) < 4.78 is 38.2. The number of rotatable bonds is 8. The van der Waals surface area contributed by atoms with Gasteiger partial charge in [-0.25, -0.2) is 4.79 Å². The molecule has 0 aliphatic carbocycles. The van der Waals surface area contributed by atoms with Gasteiger partial charge in [0.05, 0.1) is 10.5 Å². The summed E-state index contributed by atoms with van der Waals surface area (Å²) in [4.78, 5) is 35.6. The van der Waals surface area contributed by atoms with Crippen molar-refractivity contribution >= 4 is 23.3 Å². The van der Waals surface area contributed by atoms with Gasteiger partial charge in [0.1, 0.15) is 12.2 Å². The fourth-order valence-electron chi connectivity index (χ4n) is 2.45. The smallest absolute Gasteiger partial charge is 0.378 e. The first-order valence-corrected chi connectivity index (χ1v) is 9.18. The summed E-state index contributed by atoms with van der Waals surface area (Å²) in [5, 5.41) is 19.0. The summed E-state index contributed by atoms with van der Waals surface area (Å²) >= 11 is 0. The van der Waals surface area contributed by atoms with E-state index in [0.717, 1.165) is 12.1 Å². The number of halogens is 3. The van der Waals surface area contributed by atoms with Crippen LogP contribution in [0.25, 0.3) is 0 Å². The van der Waals surface area contributed by atoms with Gasteiger partial charge in [0.2, 0.25) is 5.91 Å². The Balaban J connectivity index is 2.62. The molecular weight excluding hydrogens is 407 g/mol. The van der Waals surface area contributed by atoms with E-state index in [1.807, 2.05) is 20.8 Å². The first-order chi connectivity index (χ1) is 13.7. The SMILES string of the molecule is CCN(CC(=O)NC(C)(C)C)C(=O)NCCNc1ccc(C(F)(F)F)cc1[N+](=O)[O-]. The first-order valence-electron chi connectivity index (χ1n) is 9.18. The van der Waals surface area contributed by atoms with Crippen molar-refractivity contribution in [3.63, 3.8) is 0 Å². The van der Waals surface area contributed by atoms with E-state index in [9.17, 15) is 32.9 Å². The van der Waals surface area contributed by atoms with Crippen LogP contribution in [0.5, 0.6) is 0 Å². The van der Waals surface area contributed by atoms with Gasteiger partial charge in [0, 0.05) is 31.2 Å². The number of benzene rings is 1. The van der Waals surface area contributed by atoms with Gasteiger partial charge in [-0.2, -0.15) is 13.2 Å². The highest BCUT2D eigenvalue weighted by molar-refractivity contribution is 5.84. The minimum Gasteiger partial charge on any atom is -0.378 e. The molecular formula is C18H26F3N5O4. The normalized spacial score (nSPS) is 11.6. The highest BCUT2D eigenvalue weighted by Crippen LogP contribution is 2.34. The molecule has 0 radical (unpaired) electrons. The fourth-order valence-corrected chi connectivity index (χ4v) is 2.45. The van der Waals surface area contributed by atoms with Gasteiger partial charge in [-0.05, 0) is 39.8 Å². The minimum atomic E-state index is -4.69. The number of hydrogen-bond donors (Lipinski definition) is 3. The Morgan fingerprint density at radius 1 is 1.17 bits per heavy atom. The van der Waals surface area contributed by atoms with Crippen molar-refractivity contribution in [1.29, 1.82) is 0 Å². The molecule has 1 aromatic rings. The molecule has 3 N–H and O–H groups in total. The predicted molar refractivity (Wildman–Crippen MR) is 105 cm³/mol. The topological polar surface area (TPSA) is 117 Å². The lowest BCUT2D eigenvalue weighted by Crippen LogP contribution is -2.49. The molecule has 0 bridgehead atoms. The molecule has 1 rings (SSSR count). The Bertz CT molecular complexity index is 778. The number of likely N-dealkylation sites (N-methyl/N-ethyl adjacent to an activating group) is 1. The number of carbonyl (C=O) groups is 2. The zero-order chi connectivity index (χ0) is 23.1. The molecule has 9 nitrogen and oxygen atoms in total. The van der Waals surface area contributed by atoms with Crippen molar-refractivity contribution in [2.75, 3.05) is 31.5 Å². The summed E-state index contributed by atoms with van der Waals surface area (Å²) in [5.74, 6) is -0.321. The van der Waals surface area contributed by atoms with Crippen molar-refractivity contribution in [2.24, 2.45) is 0 Å². The highest BCUT2D eigenvalue weighted by Gasteiger charge is 2.33. The maximum absolute atomic E-state index is 12.7. The van der Waals surface area contributed by atoms with Crippen molar-refractivity contribution in [2.45, 2.75) is 39.4 Å². The number of anilines is 1. The number of nitro benzene ring substituents is 1. The second-order valence-electron chi connectivity index (χ2n) is 7.46. The molecule has 0 aliphatic rings. The number of nitrogens with one attached hydrogen (secondary N) is 3. The third-order valence-electron chi connectivity index (χ3n) is 3.76. The summed E-state index contributed by atoms with van der Waals surface area (Å²) in [6.07, 6.45) is -4.69. The summed E-state index contributed by atoms with van der Waals surface area (Å²) in [7, 11) is 0. The Morgan fingerprint density at radius 3 is 2.30 bits per heavy atom. The predicted octanol–water partition coefficient (Wildman–Crippen LogP) is 2.97. The molecule has 12 heteroatoms. The Hall–Kier alpha value is -3.05. The number of amides is 3. The number of carbonyl (C=O) groups excluding carboxylic acids is 2. The van der Waals surface area contributed by atoms with E-state index in [0.29, 0.717) is 6.07 Å². The molecule has 0 atom stereocenters. The monoisotopic (exact) mass is 433 g/mol. The molecule has 0 heterocycles. The van der Waals surface area contributed by atoms with Gasteiger partial charge in [-0.1, -0.05) is 0 Å². The standard InChI is InChI=1S/C18H26F3N5O4/c1-5-25(11-15(27)24-17(2,3)4)16(28)23-9-8-22-13-7-6-12(18(19,20)21)10-14(13)26(29)30/h6-7,10,22H,5,8-9,11H2,1-4H3,(H,23,28)(H,24,27). The average molecular weight is 433 g/mol. The lowest BCUT2D eigenvalue weighted by molar-refractivity contribution is -0.384. The summed E-state index contributed by atoms with van der Waals surface area (Å²) in [6, 6.07) is 1.65. The van der Waals surface area contributed by atoms with E-state index >= 15 is 0 Å². The van der Waals surface area contributed by atoms with Crippen LogP contribution in [-0.2, 0) is 11.0 Å². The number of urea groups is 1. The lowest BCUT2D eigenvalue weighted by atomic mass is 10.1. The minimum absolute atomic E-state index is 0.0314. The quantitative estimate of drug-likeness (QED) is 0.331. The summed E-state index contributed by atoms with van der Waals surface area (Å²) in [5.41, 5.74) is -2.38. The average Bonchev–Trinajstić information content (AvgIpc) is 2.60. The Labute approximate surface area is 172 Å². The van der Waals surface area contributed by atoms with Gasteiger partial charge in [0.15, 0.2) is 0 Å². The van der Waals surface area contributed by atoms with Gasteiger partial charge in [-0.3, -0.25) is 14.9 Å². The van der Waals surface area contributed by atoms with E-state index in [2.05, 4.69) is 16.0 Å². The highest BCUT2D eigenvalue weighted by atomic mass is 19.4. The number of hydrogen-bond acceptors (Lipinski definition) is 5. The van der Waals surface area contributed by atoms with Crippen LogP contribution in [0.1, 0.15) is 33.3 Å². The molecule has 3 amide bonds. The van der Waals surface area contributed by atoms with Crippen LogP contribution in [0.4, 0.5) is 29.3 Å². The van der Waals surface area contributed by atoms with Crippen molar-refractivity contribution in [3.8, 4) is 0 Å². The summed E-state index contributed by atoms with van der Waals surface area (Å²) in [6.45, 7) is 7.35. The molecule has 1 aromatic carbocycles. The molecule has 0 saturated heterocycles. The maximum Gasteiger partial charge on any atom is 0.416 e. The third kappa shape index (κ3) is 8.13. The van der Waals surface area contributed by atoms with Crippen LogP contribution >= 0.6 is 0 Å². The number of nitrogens with zero attached hydrogens (tertiary/aromatic N) is 2. The van der Waals surface area contributed by atoms with Crippen molar-refractivity contribution < 1.29 is 27.7 Å². The van der Waals surface area contributed by atoms with Crippen LogP contribution in [0.3, 0.4) is 0 Å². The lowest BCUT2D eigenvalue weighted by Gasteiger charge is -2.25. The number of alkyl halides is 3. The van der Waals surface area contributed by atoms with Gasteiger partial charge >= 0.3 is 12.2 Å². The van der Waals surface area contributed by atoms with E-state index in [1.54, 1.807) is 6.92 Å². The molecule has 0 fully saturated rings. The van der Waals surface area contributed by atoms with Crippen LogP contribution < -0.4 is 16.0 Å². The molecule has 0 saturated carbocycles. The molecule has 0 aliphatic heterocycles. The fraction of sp³-hybridized carbons (Fsp3) is 0.556. The zero-order valence-corrected chi connectivity index (χ0v) is 17.2. The Kier molecular flexibility index (Phi) is 8.43. The van der Waals surface area contributed by atoms with E-state index in [1.165, 1.54) is 4.90 Å². The molecule has 0 unspecified atom stereocenters. The van der Waals surface area contributed by atoms with Gasteiger partial charge in [-0.15, -0.1) is 0 Å². The van der Waals surface area contributed by atoms with E-state index in [-0.39, 0.29) is 37.8 Å². The van der Waals surface area contributed by atoms with Crippen LogP contribution in [0, 0.1) is 10.1 Å². The van der Waals surface area contributed by atoms with Crippen LogP contribution in [0.15, 0.2) is 18.2 Å². The zero-order valence-electron chi connectivity index (χ0n) is 17.2. The van der Waals surface area contributed by atoms with Crippen LogP contribution in [-0.4, -0.2) is 53.5 Å². The molecule has 30 heavy (non-hydrogen) atoms. The second kappa shape index (κ2) is 10.1. The molecule has 168 valence electrons. The van der Waals surface area contributed by atoms with Crippen molar-refractivity contribution in [3.05, 3.63) is 33.9 Å². The molecule has 0 aromatic heterocycles. The van der Waals surface area contributed by atoms with Gasteiger partial charge in [0.25, 0.3) is 5.69 Å². The Morgan fingerprint density at radius 2 is 1.80 bits per heavy atom. The van der Waals surface area contributed by atoms with Crippen LogP contribution in [0.2, 0.25) is 0 Å². The maximum atomic E-state index is 12.7. The largest absolute Gasteiger partial charge is 0.416 e. The third-order valence-corrected chi connectivity index (χ3v) is 3.76. The second-order valence-corrected chi connectivity index (χ2v) is 7.46. The number of nitro groups is 1. The van der Waals surface area contributed by atoms with Gasteiger partial charge < -0.3 is 20.9 Å².